The maximum absolute atomic E-state index is 14.7. The van der Waals surface area contributed by atoms with E-state index in [1.54, 1.807) is 6.92 Å². The normalized spacial score (nSPS) is 22.8. The first-order valence-electron chi connectivity index (χ1n) is 9.54. The molecule has 1 aromatic heterocycles. The molecule has 11 heteroatoms. The number of aliphatic imine (C=N–C) groups is 1. The van der Waals surface area contributed by atoms with E-state index < -0.39 is 41.5 Å². The fourth-order valence-electron chi connectivity index (χ4n) is 3.37. The van der Waals surface area contributed by atoms with Gasteiger partial charge in [-0.15, -0.1) is 6.42 Å². The van der Waals surface area contributed by atoms with E-state index in [-0.39, 0.29) is 16.8 Å². The first-order valence-corrected chi connectivity index (χ1v) is 9.54. The van der Waals surface area contributed by atoms with Crippen molar-refractivity contribution in [1.82, 2.24) is 4.98 Å². The average molecular weight is 464 g/mol. The average Bonchev–Trinajstić information content (AvgIpc) is 2.74. The van der Waals surface area contributed by atoms with E-state index in [4.69, 9.17) is 21.6 Å². The van der Waals surface area contributed by atoms with Gasteiger partial charge in [0.1, 0.15) is 17.2 Å². The summed E-state index contributed by atoms with van der Waals surface area (Å²) >= 11 is 0. The van der Waals surface area contributed by atoms with Crippen LogP contribution in [0.3, 0.4) is 0 Å². The third-order valence-corrected chi connectivity index (χ3v) is 5.22. The topological polar surface area (TPSA) is 98.8 Å². The summed E-state index contributed by atoms with van der Waals surface area (Å²) in [6.07, 6.45) is 0.0277. The number of aromatic nitrogens is 1. The number of methoxy groups -OCH3 is 1. The quantitative estimate of drug-likeness (QED) is 0.534. The lowest BCUT2D eigenvalue weighted by Gasteiger charge is -2.40. The Hall–Kier alpha value is -3.65. The van der Waals surface area contributed by atoms with Crippen LogP contribution in [0.1, 0.15) is 28.5 Å². The number of nitrogens with one attached hydrogen (secondary N) is 1. The monoisotopic (exact) mass is 464 g/mol. The molecule has 174 valence electrons. The molecule has 33 heavy (non-hydrogen) atoms. The van der Waals surface area contributed by atoms with Gasteiger partial charge in [-0.2, -0.15) is 13.2 Å². The van der Waals surface area contributed by atoms with E-state index in [0.29, 0.717) is 11.6 Å². The summed E-state index contributed by atoms with van der Waals surface area (Å²) < 4.78 is 65.0. The molecule has 0 saturated carbocycles. The van der Waals surface area contributed by atoms with Gasteiger partial charge in [-0.05, 0) is 38.1 Å². The highest BCUT2D eigenvalue weighted by molar-refractivity contribution is 6.05. The number of hydrogen-bond donors (Lipinski definition) is 2. The number of nitrogens with two attached hydrogens (primary N) is 1. The molecule has 0 aliphatic carbocycles. The Morgan fingerprint density at radius 2 is 2.03 bits per heavy atom. The van der Waals surface area contributed by atoms with Gasteiger partial charge in [0.15, 0.2) is 0 Å². The predicted molar refractivity (Wildman–Crippen MR) is 112 cm³/mol. The molecule has 0 saturated heterocycles. The number of amides is 1. The molecule has 0 radical (unpaired) electrons. The Kier molecular flexibility index (Phi) is 6.08. The van der Waals surface area contributed by atoms with Crippen molar-refractivity contribution in [3.05, 3.63) is 53.0 Å². The van der Waals surface area contributed by atoms with E-state index in [1.165, 1.54) is 44.2 Å². The Balaban J connectivity index is 1.95. The first-order chi connectivity index (χ1) is 15.4. The molecule has 2 atom stereocenters. The second-order valence-corrected chi connectivity index (χ2v) is 7.52. The molecule has 3 rings (SSSR count). The van der Waals surface area contributed by atoms with Crippen LogP contribution in [-0.4, -0.2) is 42.2 Å². The zero-order chi connectivity index (χ0) is 24.6. The number of carbonyl (C=O) groups excluding carboxylic acids is 1. The zero-order valence-electron chi connectivity index (χ0n) is 17.9. The number of amidine groups is 1. The third-order valence-electron chi connectivity index (χ3n) is 5.22. The fraction of sp³-hybridized carbons (Fsp3) is 0.318. The minimum Gasteiger partial charge on any atom is -0.481 e. The zero-order valence-corrected chi connectivity index (χ0v) is 17.9. The second kappa shape index (κ2) is 8.37. The number of nitrogens with zero attached hydrogens (tertiary/aromatic N) is 2. The van der Waals surface area contributed by atoms with Crippen molar-refractivity contribution >= 4 is 17.4 Å². The molecule has 0 spiro atoms. The van der Waals surface area contributed by atoms with Gasteiger partial charge in [-0.25, -0.2) is 9.37 Å². The van der Waals surface area contributed by atoms with Gasteiger partial charge in [0, 0.05) is 17.3 Å². The number of alkyl halides is 3. The fourth-order valence-corrected chi connectivity index (χ4v) is 3.37. The van der Waals surface area contributed by atoms with Gasteiger partial charge >= 0.3 is 6.18 Å². The highest BCUT2D eigenvalue weighted by Crippen LogP contribution is 2.41. The third kappa shape index (κ3) is 4.21. The van der Waals surface area contributed by atoms with Crippen LogP contribution in [-0.2, 0) is 10.3 Å². The Morgan fingerprint density at radius 3 is 2.58 bits per heavy atom. The number of aryl methyl sites for hydroxylation is 1. The smallest absolute Gasteiger partial charge is 0.436 e. The lowest BCUT2D eigenvalue weighted by molar-refractivity contribution is -0.233. The molecule has 1 amide bonds. The van der Waals surface area contributed by atoms with Crippen LogP contribution in [0.4, 0.5) is 23.2 Å². The highest BCUT2D eigenvalue weighted by Gasteiger charge is 2.61. The number of pyridine rings is 1. The molecule has 1 aliphatic heterocycles. The van der Waals surface area contributed by atoms with Crippen LogP contribution in [0, 0.1) is 25.1 Å². The molecule has 1 aliphatic rings. The lowest BCUT2D eigenvalue weighted by Crippen LogP contribution is -2.61. The molecule has 0 fully saturated rings. The number of carbonyl (C=O) groups is 1. The molecule has 2 heterocycles. The summed E-state index contributed by atoms with van der Waals surface area (Å²) in [5.74, 6) is -0.483. The molecule has 7 nitrogen and oxygen atoms in total. The molecule has 1 aromatic carbocycles. The summed E-state index contributed by atoms with van der Waals surface area (Å²) in [5, 5.41) is 2.60. The van der Waals surface area contributed by atoms with Crippen molar-refractivity contribution in [2.75, 3.05) is 19.0 Å². The van der Waals surface area contributed by atoms with Gasteiger partial charge in [0.05, 0.1) is 25.0 Å². The number of hydrogen-bond acceptors (Lipinski definition) is 6. The van der Waals surface area contributed by atoms with E-state index in [9.17, 15) is 22.4 Å². The largest absolute Gasteiger partial charge is 0.481 e. The second-order valence-electron chi connectivity index (χ2n) is 7.52. The summed E-state index contributed by atoms with van der Waals surface area (Å²) in [6.45, 7) is 2.26. The molecular weight excluding hydrogens is 444 g/mol. The van der Waals surface area contributed by atoms with Gasteiger partial charge in [0.25, 0.3) is 11.5 Å². The SMILES string of the molecule is C#C[C@@]1(C(F)(F)F)OC[C@@](C)(c2cc(NC(=O)c3ccc(OC)nc3C)ccc2F)N=C1N. The molecule has 0 bridgehead atoms. The standard InChI is InChI=1S/C22H20F4N4O3/c1-5-21(22(24,25)26)19(27)30-20(3,11-33-21)15-10-13(6-8-16(15)23)29-18(31)14-7-9-17(32-4)28-12(14)2/h1,6-10H,11H2,2-4H3,(H2,27,30)(H,29,31)/t20-,21+/m0/s1. The van der Waals surface area contributed by atoms with E-state index in [2.05, 4.69) is 15.3 Å². The number of rotatable bonds is 4. The van der Waals surface area contributed by atoms with Crippen molar-refractivity contribution in [1.29, 1.82) is 0 Å². The van der Waals surface area contributed by atoms with Crippen molar-refractivity contribution in [2.45, 2.75) is 31.2 Å². The van der Waals surface area contributed by atoms with Gasteiger partial charge in [-0.3, -0.25) is 9.79 Å². The Labute approximate surface area is 187 Å². The van der Waals surface area contributed by atoms with Crippen LogP contribution in [0.15, 0.2) is 35.3 Å². The number of benzene rings is 1. The van der Waals surface area contributed by atoms with Crippen molar-refractivity contribution in [2.24, 2.45) is 10.7 Å². The van der Waals surface area contributed by atoms with Crippen LogP contribution >= 0.6 is 0 Å². The van der Waals surface area contributed by atoms with E-state index in [0.717, 1.165) is 6.07 Å². The van der Waals surface area contributed by atoms with Crippen LogP contribution in [0.25, 0.3) is 0 Å². The molecule has 2 aromatic rings. The summed E-state index contributed by atoms with van der Waals surface area (Å²) in [4.78, 5) is 20.7. The lowest BCUT2D eigenvalue weighted by atomic mass is 9.89. The van der Waals surface area contributed by atoms with E-state index in [1.807, 2.05) is 0 Å². The maximum atomic E-state index is 14.7. The number of terminal acetylenes is 1. The minimum atomic E-state index is -5.02. The van der Waals surface area contributed by atoms with Gasteiger partial charge in [-0.1, -0.05) is 5.92 Å². The molecule has 0 unspecified atom stereocenters. The first kappa shape index (κ1) is 24.0. The molecule has 3 N–H and O–H groups in total. The summed E-state index contributed by atoms with van der Waals surface area (Å²) in [6, 6.07) is 6.61. The predicted octanol–water partition coefficient (Wildman–Crippen LogP) is 3.33. The van der Waals surface area contributed by atoms with Crippen molar-refractivity contribution in [3.8, 4) is 18.2 Å². The van der Waals surface area contributed by atoms with Crippen LogP contribution < -0.4 is 15.8 Å². The maximum Gasteiger partial charge on any atom is 0.436 e. The summed E-state index contributed by atoms with van der Waals surface area (Å²) in [5.41, 5.74) is 1.42. The van der Waals surface area contributed by atoms with Gasteiger partial charge in [0.2, 0.25) is 5.88 Å². The Morgan fingerprint density at radius 1 is 1.33 bits per heavy atom. The summed E-state index contributed by atoms with van der Waals surface area (Å²) in [7, 11) is 1.44. The van der Waals surface area contributed by atoms with Crippen LogP contribution in [0.2, 0.25) is 0 Å². The number of halogens is 4. The molecular formula is C22H20F4N4O3. The van der Waals surface area contributed by atoms with Crippen LogP contribution in [0.5, 0.6) is 5.88 Å². The minimum absolute atomic E-state index is 0.138. The van der Waals surface area contributed by atoms with E-state index >= 15 is 0 Å². The number of ether oxygens (including phenoxy) is 2. The number of anilines is 1. The van der Waals surface area contributed by atoms with Gasteiger partial charge < -0.3 is 20.5 Å². The Bertz CT molecular complexity index is 1180. The van der Waals surface area contributed by atoms with Crippen molar-refractivity contribution < 1.29 is 31.8 Å². The van der Waals surface area contributed by atoms with Crippen molar-refractivity contribution in [3.63, 3.8) is 0 Å². The highest BCUT2D eigenvalue weighted by atomic mass is 19.4.